The van der Waals surface area contributed by atoms with Gasteiger partial charge in [0.1, 0.15) is 11.6 Å². The number of non-ortho nitro benzene ring substituents is 1. The molecule has 160 valence electrons. The zero-order valence-electron chi connectivity index (χ0n) is 17.0. The monoisotopic (exact) mass is 426 g/mol. The molecule has 31 heavy (non-hydrogen) atoms. The van der Waals surface area contributed by atoms with Crippen molar-refractivity contribution in [1.82, 2.24) is 0 Å². The first-order chi connectivity index (χ1) is 14.6. The summed E-state index contributed by atoms with van der Waals surface area (Å²) in [6.07, 6.45) is 0.427. The molecule has 0 bridgehead atoms. The molecular formula is C23H20F2N2O4. The average Bonchev–Trinajstić information content (AvgIpc) is 2.67. The van der Waals surface area contributed by atoms with Crippen LogP contribution in [0.4, 0.5) is 20.2 Å². The van der Waals surface area contributed by atoms with Gasteiger partial charge in [-0.05, 0) is 29.5 Å². The Kier molecular flexibility index (Phi) is 4.95. The number of ketones is 1. The SMILES string of the molecule is CC1(C)CC(=O)C2=C(C1)N(c1ccc(F)cc1F)C(=O)C[C@@H]2c1cccc([N+](=O)[O-])c1. The van der Waals surface area contributed by atoms with Crippen LogP contribution in [0.5, 0.6) is 0 Å². The molecule has 2 aliphatic rings. The summed E-state index contributed by atoms with van der Waals surface area (Å²) in [5, 5.41) is 11.2. The van der Waals surface area contributed by atoms with Crippen molar-refractivity contribution in [2.75, 3.05) is 4.90 Å². The van der Waals surface area contributed by atoms with Crippen molar-refractivity contribution in [3.8, 4) is 0 Å². The number of nitro benzene ring substituents is 1. The number of Topliss-reactive ketones (excluding diaryl/α,β-unsaturated/α-hetero) is 1. The van der Waals surface area contributed by atoms with Crippen LogP contribution in [-0.4, -0.2) is 16.6 Å². The average molecular weight is 426 g/mol. The van der Waals surface area contributed by atoms with Crippen molar-refractivity contribution >= 4 is 23.1 Å². The molecule has 0 saturated heterocycles. The molecule has 1 aliphatic carbocycles. The molecule has 0 radical (unpaired) electrons. The number of halogens is 2. The van der Waals surface area contributed by atoms with Gasteiger partial charge in [0, 0.05) is 48.2 Å². The minimum absolute atomic E-state index is 0.109. The zero-order valence-corrected chi connectivity index (χ0v) is 17.0. The summed E-state index contributed by atoms with van der Waals surface area (Å²) < 4.78 is 28.1. The van der Waals surface area contributed by atoms with Crippen LogP contribution in [0.2, 0.25) is 0 Å². The quantitative estimate of drug-likeness (QED) is 0.509. The lowest BCUT2D eigenvalue weighted by Gasteiger charge is -2.43. The first-order valence-corrected chi connectivity index (χ1v) is 9.86. The summed E-state index contributed by atoms with van der Waals surface area (Å²) in [5.41, 5.74) is 0.518. The molecule has 6 nitrogen and oxygen atoms in total. The second kappa shape index (κ2) is 7.37. The third-order valence-electron chi connectivity index (χ3n) is 5.78. The Morgan fingerprint density at radius 1 is 1.10 bits per heavy atom. The topological polar surface area (TPSA) is 80.5 Å². The molecule has 4 rings (SSSR count). The largest absolute Gasteiger partial charge is 0.294 e. The van der Waals surface area contributed by atoms with Crippen LogP contribution < -0.4 is 4.90 Å². The Bertz CT molecular complexity index is 1160. The van der Waals surface area contributed by atoms with E-state index in [1.165, 1.54) is 29.2 Å². The van der Waals surface area contributed by atoms with Crippen LogP contribution in [0.3, 0.4) is 0 Å². The highest BCUT2D eigenvalue weighted by atomic mass is 19.1. The van der Waals surface area contributed by atoms with Gasteiger partial charge in [-0.1, -0.05) is 26.0 Å². The lowest BCUT2D eigenvalue weighted by Crippen LogP contribution is -2.44. The molecule has 0 unspecified atom stereocenters. The normalized spacial score (nSPS) is 20.6. The van der Waals surface area contributed by atoms with Gasteiger partial charge in [0.15, 0.2) is 5.78 Å². The molecule has 0 spiro atoms. The van der Waals surface area contributed by atoms with Crippen LogP contribution in [0.1, 0.15) is 44.6 Å². The zero-order chi connectivity index (χ0) is 22.5. The van der Waals surface area contributed by atoms with Gasteiger partial charge in [0.2, 0.25) is 5.91 Å². The molecule has 0 fully saturated rings. The number of benzene rings is 2. The maximum absolute atomic E-state index is 14.6. The summed E-state index contributed by atoms with van der Waals surface area (Å²) in [5.74, 6) is -2.96. The van der Waals surface area contributed by atoms with Crippen molar-refractivity contribution in [3.05, 3.63) is 81.0 Å². The van der Waals surface area contributed by atoms with E-state index in [9.17, 15) is 28.5 Å². The van der Waals surface area contributed by atoms with E-state index in [1.54, 1.807) is 6.07 Å². The number of anilines is 1. The van der Waals surface area contributed by atoms with E-state index in [-0.39, 0.29) is 30.0 Å². The molecule has 1 amide bonds. The first-order valence-electron chi connectivity index (χ1n) is 9.86. The number of amides is 1. The number of hydrogen-bond acceptors (Lipinski definition) is 4. The number of nitro groups is 1. The lowest BCUT2D eigenvalue weighted by atomic mass is 9.69. The molecule has 0 N–H and O–H groups in total. The van der Waals surface area contributed by atoms with Gasteiger partial charge in [-0.15, -0.1) is 0 Å². The molecule has 1 atom stereocenters. The number of allylic oxidation sites excluding steroid dienone is 2. The van der Waals surface area contributed by atoms with Gasteiger partial charge in [-0.2, -0.15) is 0 Å². The number of rotatable bonds is 3. The van der Waals surface area contributed by atoms with E-state index < -0.39 is 33.8 Å². The van der Waals surface area contributed by atoms with Gasteiger partial charge in [-0.3, -0.25) is 24.6 Å². The van der Waals surface area contributed by atoms with E-state index in [0.717, 1.165) is 6.07 Å². The molecule has 2 aromatic carbocycles. The van der Waals surface area contributed by atoms with E-state index in [4.69, 9.17) is 0 Å². The highest BCUT2D eigenvalue weighted by Gasteiger charge is 2.45. The standard InChI is InChI=1S/C23H20F2N2O4/c1-23(2)11-19-22(20(28)12-23)16(13-4-3-5-15(8-13)27(30)31)10-21(29)26(19)18-7-6-14(24)9-17(18)25/h3-9,16H,10-12H2,1-2H3/t16-/m1/s1. The first kappa shape index (κ1) is 20.8. The Labute approximate surface area is 177 Å². The van der Waals surface area contributed by atoms with Crippen LogP contribution in [0.25, 0.3) is 0 Å². The van der Waals surface area contributed by atoms with Crippen molar-refractivity contribution < 1.29 is 23.3 Å². The predicted octanol–water partition coefficient (Wildman–Crippen LogP) is 5.04. The highest BCUT2D eigenvalue weighted by molar-refractivity contribution is 6.07. The van der Waals surface area contributed by atoms with E-state index in [1.807, 2.05) is 13.8 Å². The maximum atomic E-state index is 14.6. The second-order valence-electron chi connectivity index (χ2n) is 8.74. The highest BCUT2D eigenvalue weighted by Crippen LogP contribution is 2.48. The van der Waals surface area contributed by atoms with Gasteiger partial charge in [-0.25, -0.2) is 8.78 Å². The molecule has 1 aliphatic heterocycles. The molecule has 2 aromatic rings. The van der Waals surface area contributed by atoms with Crippen molar-refractivity contribution in [2.45, 2.75) is 39.0 Å². The van der Waals surface area contributed by atoms with Crippen LogP contribution >= 0.6 is 0 Å². The van der Waals surface area contributed by atoms with Gasteiger partial charge < -0.3 is 0 Å². The Morgan fingerprint density at radius 2 is 1.84 bits per heavy atom. The van der Waals surface area contributed by atoms with Gasteiger partial charge >= 0.3 is 0 Å². The van der Waals surface area contributed by atoms with Crippen molar-refractivity contribution in [2.24, 2.45) is 5.41 Å². The summed E-state index contributed by atoms with van der Waals surface area (Å²) >= 11 is 0. The van der Waals surface area contributed by atoms with E-state index in [0.29, 0.717) is 29.3 Å². The summed E-state index contributed by atoms with van der Waals surface area (Å²) in [6, 6.07) is 8.82. The van der Waals surface area contributed by atoms with E-state index in [2.05, 4.69) is 0 Å². The molecular weight excluding hydrogens is 406 g/mol. The minimum Gasteiger partial charge on any atom is -0.294 e. The Balaban J connectivity index is 1.92. The fourth-order valence-corrected chi connectivity index (χ4v) is 4.50. The Morgan fingerprint density at radius 3 is 2.52 bits per heavy atom. The van der Waals surface area contributed by atoms with Crippen molar-refractivity contribution in [1.29, 1.82) is 0 Å². The molecule has 0 aromatic heterocycles. The van der Waals surface area contributed by atoms with Gasteiger partial charge in [0.05, 0.1) is 10.6 Å². The maximum Gasteiger partial charge on any atom is 0.269 e. The fourth-order valence-electron chi connectivity index (χ4n) is 4.50. The minimum atomic E-state index is -0.898. The third kappa shape index (κ3) is 3.73. The number of carbonyl (C=O) groups is 2. The summed E-state index contributed by atoms with van der Waals surface area (Å²) in [7, 11) is 0. The third-order valence-corrected chi connectivity index (χ3v) is 5.78. The van der Waals surface area contributed by atoms with Crippen LogP contribution in [-0.2, 0) is 9.59 Å². The molecule has 1 heterocycles. The summed E-state index contributed by atoms with van der Waals surface area (Å²) in [4.78, 5) is 38.2. The predicted molar refractivity (Wildman–Crippen MR) is 109 cm³/mol. The van der Waals surface area contributed by atoms with Gasteiger partial charge in [0.25, 0.3) is 5.69 Å². The second-order valence-corrected chi connectivity index (χ2v) is 8.74. The van der Waals surface area contributed by atoms with Crippen LogP contribution in [0.15, 0.2) is 53.7 Å². The molecule has 8 heteroatoms. The Hall–Kier alpha value is -3.42. The number of hydrogen-bond donors (Lipinski definition) is 0. The fraction of sp³-hybridized carbons (Fsp3) is 0.304. The van der Waals surface area contributed by atoms with Crippen LogP contribution in [0, 0.1) is 27.2 Å². The number of carbonyl (C=O) groups excluding carboxylic acids is 2. The van der Waals surface area contributed by atoms with E-state index >= 15 is 0 Å². The summed E-state index contributed by atoms with van der Waals surface area (Å²) in [6.45, 7) is 3.77. The number of nitrogens with zero attached hydrogens (tertiary/aromatic N) is 2. The smallest absolute Gasteiger partial charge is 0.269 e. The molecule has 0 saturated carbocycles. The van der Waals surface area contributed by atoms with Crippen molar-refractivity contribution in [3.63, 3.8) is 0 Å². The lowest BCUT2D eigenvalue weighted by molar-refractivity contribution is -0.384.